The second kappa shape index (κ2) is 15.7. The van der Waals surface area contributed by atoms with Gasteiger partial charge in [0.15, 0.2) is 6.61 Å². The maximum absolute atomic E-state index is 13.4. The monoisotopic (exact) mass is 606 g/mol. The Bertz CT molecular complexity index is 1460. The van der Waals surface area contributed by atoms with Crippen LogP contribution in [0.25, 0.3) is 0 Å². The molecule has 9 nitrogen and oxygen atoms in total. The van der Waals surface area contributed by atoms with Crippen LogP contribution in [0.3, 0.4) is 0 Å². The first-order chi connectivity index (χ1) is 20.8. The Balaban J connectivity index is 1.44. The third-order valence-corrected chi connectivity index (χ3v) is 9.32. The number of benzene rings is 3. The first kappa shape index (κ1) is 32.2. The molecule has 0 fully saturated rings. The molecule has 1 aliphatic heterocycles. The topological polar surface area (TPSA) is 108 Å². The van der Waals surface area contributed by atoms with Crippen LogP contribution >= 0.6 is 0 Å². The van der Waals surface area contributed by atoms with Gasteiger partial charge < -0.3 is 20.3 Å². The quantitative estimate of drug-likeness (QED) is 0.375. The Morgan fingerprint density at radius 2 is 1.65 bits per heavy atom. The highest BCUT2D eigenvalue weighted by atomic mass is 32.2. The van der Waals surface area contributed by atoms with E-state index in [1.807, 2.05) is 42.5 Å². The number of anilines is 1. The van der Waals surface area contributed by atoms with Gasteiger partial charge in [-0.05, 0) is 79.4 Å². The third-order valence-electron chi connectivity index (χ3n) is 7.49. The van der Waals surface area contributed by atoms with E-state index >= 15 is 0 Å². The summed E-state index contributed by atoms with van der Waals surface area (Å²) in [6.07, 6.45) is 5.87. The molecule has 0 radical (unpaired) electrons. The van der Waals surface area contributed by atoms with E-state index < -0.39 is 10.0 Å². The van der Waals surface area contributed by atoms with Gasteiger partial charge in [-0.25, -0.2) is 12.7 Å². The van der Waals surface area contributed by atoms with E-state index in [-0.39, 0.29) is 23.3 Å². The first-order valence-corrected chi connectivity index (χ1v) is 16.3. The number of carbonyl (C=O) groups is 2. The molecule has 0 unspecified atom stereocenters. The van der Waals surface area contributed by atoms with Gasteiger partial charge in [0.2, 0.25) is 10.0 Å². The van der Waals surface area contributed by atoms with Crippen LogP contribution in [0.2, 0.25) is 0 Å². The van der Waals surface area contributed by atoms with Crippen molar-refractivity contribution >= 4 is 27.5 Å². The number of para-hydroxylation sites is 1. The molecule has 0 aromatic heterocycles. The Morgan fingerprint density at radius 1 is 0.930 bits per heavy atom. The van der Waals surface area contributed by atoms with Crippen molar-refractivity contribution < 1.29 is 22.7 Å². The molecule has 2 amide bonds. The van der Waals surface area contributed by atoms with Gasteiger partial charge in [-0.1, -0.05) is 49.6 Å². The van der Waals surface area contributed by atoms with E-state index in [0.29, 0.717) is 37.4 Å². The minimum absolute atomic E-state index is 0.0683. The fourth-order valence-electron chi connectivity index (χ4n) is 4.99. The average Bonchev–Trinajstić information content (AvgIpc) is 3.01. The Kier molecular flexibility index (Phi) is 11.7. The number of rotatable bonds is 9. The molecular formula is C33H42N4O5S. The molecule has 10 heteroatoms. The summed E-state index contributed by atoms with van der Waals surface area (Å²) in [6.45, 7) is 2.33. The molecule has 3 aromatic carbocycles. The number of nitrogens with zero attached hydrogens (tertiary/aromatic N) is 2. The molecule has 0 saturated carbocycles. The van der Waals surface area contributed by atoms with Gasteiger partial charge in [0, 0.05) is 45.0 Å². The van der Waals surface area contributed by atoms with Crippen LogP contribution in [-0.2, 0) is 27.8 Å². The van der Waals surface area contributed by atoms with Gasteiger partial charge in [0.25, 0.3) is 11.8 Å². The van der Waals surface area contributed by atoms with Gasteiger partial charge in [-0.3, -0.25) is 9.59 Å². The average molecular weight is 607 g/mol. The van der Waals surface area contributed by atoms with Gasteiger partial charge in [0.1, 0.15) is 5.75 Å². The number of sulfonamides is 1. The molecule has 43 heavy (non-hydrogen) atoms. The van der Waals surface area contributed by atoms with E-state index in [9.17, 15) is 18.0 Å². The lowest BCUT2D eigenvalue weighted by molar-refractivity contribution is -0.120. The molecular weight excluding hydrogens is 564 g/mol. The molecule has 0 aliphatic carbocycles. The van der Waals surface area contributed by atoms with Crippen molar-refractivity contribution in [1.29, 1.82) is 0 Å². The molecule has 3 aromatic rings. The standard InChI is InChI=1S/C33H42N4O5S/c1-36(2)43(40,41)30-16-13-26(14-17-30)19-21-35-33(39)27-15-18-31-28(23-27)24-34-20-9-4-3-5-10-22-37(31)32(38)25-42-29-11-7-6-8-12-29/h6-8,11-18,23,34H,3-5,9-10,19-22,24-25H2,1-2H3,(H,35,39). The van der Waals surface area contributed by atoms with Crippen LogP contribution in [-0.4, -0.2) is 64.9 Å². The highest BCUT2D eigenvalue weighted by Gasteiger charge is 2.21. The zero-order chi connectivity index (χ0) is 30.7. The Labute approximate surface area is 255 Å². The Morgan fingerprint density at radius 3 is 2.40 bits per heavy atom. The molecule has 0 spiro atoms. The molecule has 1 aliphatic rings. The third kappa shape index (κ3) is 9.13. The van der Waals surface area contributed by atoms with Crippen molar-refractivity contribution in [2.24, 2.45) is 0 Å². The molecule has 4 rings (SSSR count). The van der Waals surface area contributed by atoms with E-state index in [0.717, 1.165) is 55.5 Å². The summed E-state index contributed by atoms with van der Waals surface area (Å²) >= 11 is 0. The maximum atomic E-state index is 13.4. The molecule has 0 saturated heterocycles. The summed E-state index contributed by atoms with van der Waals surface area (Å²) in [5.41, 5.74) is 3.12. The van der Waals surface area contributed by atoms with Gasteiger partial charge in [-0.2, -0.15) is 0 Å². The summed E-state index contributed by atoms with van der Waals surface area (Å²) in [5.74, 6) is 0.323. The number of carbonyl (C=O) groups excluding carboxylic acids is 2. The number of hydrogen-bond acceptors (Lipinski definition) is 6. The number of hydrogen-bond donors (Lipinski definition) is 2. The van der Waals surface area contributed by atoms with Crippen molar-refractivity contribution in [3.05, 3.63) is 89.5 Å². The van der Waals surface area contributed by atoms with Crippen LogP contribution in [0.1, 0.15) is 53.6 Å². The van der Waals surface area contributed by atoms with Crippen LogP contribution in [0.5, 0.6) is 5.75 Å². The van der Waals surface area contributed by atoms with Crippen molar-refractivity contribution in [3.63, 3.8) is 0 Å². The number of fused-ring (bicyclic) bond motifs is 1. The predicted molar refractivity (Wildman–Crippen MR) is 169 cm³/mol. The molecule has 0 atom stereocenters. The van der Waals surface area contributed by atoms with Crippen molar-refractivity contribution in [2.75, 3.05) is 45.2 Å². The lowest BCUT2D eigenvalue weighted by Gasteiger charge is -2.26. The predicted octanol–water partition coefficient (Wildman–Crippen LogP) is 4.38. The SMILES string of the molecule is CN(C)S(=O)(=O)c1ccc(CCNC(=O)c2ccc3c(c2)CNCCCCCCCN3C(=O)COc2ccccc2)cc1. The fraction of sp³-hybridized carbons (Fsp3) is 0.394. The molecule has 0 bridgehead atoms. The van der Waals surface area contributed by atoms with E-state index in [4.69, 9.17) is 4.74 Å². The van der Waals surface area contributed by atoms with E-state index in [1.165, 1.54) is 18.4 Å². The van der Waals surface area contributed by atoms with Crippen LogP contribution in [0, 0.1) is 0 Å². The number of amides is 2. The van der Waals surface area contributed by atoms with Gasteiger partial charge in [0.05, 0.1) is 4.90 Å². The molecule has 1 heterocycles. The first-order valence-electron chi connectivity index (χ1n) is 14.9. The zero-order valence-corrected chi connectivity index (χ0v) is 25.9. The van der Waals surface area contributed by atoms with Crippen molar-refractivity contribution in [1.82, 2.24) is 14.9 Å². The summed E-state index contributed by atoms with van der Waals surface area (Å²) in [7, 11) is -0.482. The van der Waals surface area contributed by atoms with E-state index in [2.05, 4.69) is 10.6 Å². The van der Waals surface area contributed by atoms with Crippen LogP contribution in [0.4, 0.5) is 5.69 Å². The van der Waals surface area contributed by atoms with Gasteiger partial charge >= 0.3 is 0 Å². The number of nitrogens with one attached hydrogen (secondary N) is 2. The molecule has 2 N–H and O–H groups in total. The Hall–Kier alpha value is -3.73. The largest absolute Gasteiger partial charge is 0.484 e. The zero-order valence-electron chi connectivity index (χ0n) is 25.1. The lowest BCUT2D eigenvalue weighted by atomic mass is 10.0. The summed E-state index contributed by atoms with van der Waals surface area (Å²) in [4.78, 5) is 28.6. The van der Waals surface area contributed by atoms with E-state index in [1.54, 1.807) is 35.2 Å². The number of ether oxygens (including phenoxy) is 1. The summed E-state index contributed by atoms with van der Waals surface area (Å²) < 4.78 is 31.6. The lowest BCUT2D eigenvalue weighted by Crippen LogP contribution is -2.37. The van der Waals surface area contributed by atoms with Crippen molar-refractivity contribution in [3.8, 4) is 5.75 Å². The minimum Gasteiger partial charge on any atom is -0.484 e. The highest BCUT2D eigenvalue weighted by molar-refractivity contribution is 7.89. The smallest absolute Gasteiger partial charge is 0.264 e. The van der Waals surface area contributed by atoms with Gasteiger partial charge in [-0.15, -0.1) is 0 Å². The second-order valence-electron chi connectivity index (χ2n) is 10.9. The van der Waals surface area contributed by atoms with Crippen LogP contribution < -0.4 is 20.3 Å². The molecule has 230 valence electrons. The fourth-order valence-corrected chi connectivity index (χ4v) is 5.89. The maximum Gasteiger partial charge on any atom is 0.264 e. The van der Waals surface area contributed by atoms with Crippen LogP contribution in [0.15, 0.2) is 77.7 Å². The second-order valence-corrected chi connectivity index (χ2v) is 13.0. The van der Waals surface area contributed by atoms with Crippen molar-refractivity contribution in [2.45, 2.75) is 50.0 Å². The summed E-state index contributed by atoms with van der Waals surface area (Å²) in [6, 6.07) is 21.5. The minimum atomic E-state index is -3.48. The highest BCUT2D eigenvalue weighted by Crippen LogP contribution is 2.25. The normalized spacial score (nSPS) is 14.7. The summed E-state index contributed by atoms with van der Waals surface area (Å²) in [5, 5.41) is 6.45.